The van der Waals surface area contributed by atoms with Gasteiger partial charge in [-0.2, -0.15) is 0 Å². The summed E-state index contributed by atoms with van der Waals surface area (Å²) in [5.41, 5.74) is 4.59. The molecular weight excluding hydrogens is 330 g/mol. The van der Waals surface area contributed by atoms with Gasteiger partial charge in [-0.1, -0.05) is 15.9 Å². The summed E-state index contributed by atoms with van der Waals surface area (Å²) >= 11 is 3.68. The first-order valence-electron chi connectivity index (χ1n) is 7.54. The first-order chi connectivity index (χ1) is 10.1. The van der Waals surface area contributed by atoms with Gasteiger partial charge in [0.15, 0.2) is 6.21 Å². The molecule has 0 saturated carbocycles. The summed E-state index contributed by atoms with van der Waals surface area (Å²) in [6, 6.07) is 2.61. The normalized spacial score (nSPS) is 15.8. The van der Waals surface area contributed by atoms with Gasteiger partial charge in [0.1, 0.15) is 0 Å². The number of benzene rings is 1. The first-order valence-corrected chi connectivity index (χ1v) is 8.33. The van der Waals surface area contributed by atoms with E-state index in [0.717, 1.165) is 48.3 Å². The summed E-state index contributed by atoms with van der Waals surface area (Å²) in [6.45, 7) is 7.00. The molecule has 0 aromatic heterocycles. The zero-order chi connectivity index (χ0) is 15.4. The number of nitrogens with one attached hydrogen (secondary N) is 1. The zero-order valence-electron chi connectivity index (χ0n) is 13.1. The lowest BCUT2D eigenvalue weighted by Crippen LogP contribution is -2.41. The highest BCUT2D eigenvalue weighted by Crippen LogP contribution is 2.37. The molecule has 4 nitrogen and oxygen atoms in total. The molecule has 1 heterocycles. The third-order valence-electron chi connectivity index (χ3n) is 4.23. The summed E-state index contributed by atoms with van der Waals surface area (Å²) in [7, 11) is 1.93. The number of hydrogen-bond acceptors (Lipinski definition) is 3. The quantitative estimate of drug-likeness (QED) is 0.795. The van der Waals surface area contributed by atoms with E-state index in [4.69, 9.17) is 10.1 Å². The Kier molecular flexibility index (Phi) is 5.65. The Hall–Kier alpha value is -1.07. The van der Waals surface area contributed by atoms with Crippen LogP contribution in [0.4, 0.5) is 11.4 Å². The van der Waals surface area contributed by atoms with Crippen LogP contribution in [-0.4, -0.2) is 39.1 Å². The van der Waals surface area contributed by atoms with Crippen LogP contribution in [-0.2, 0) is 4.74 Å². The molecule has 5 heteroatoms. The fourth-order valence-electron chi connectivity index (χ4n) is 3.10. The molecule has 0 unspecified atom stereocenters. The van der Waals surface area contributed by atoms with Gasteiger partial charge in [0.2, 0.25) is 0 Å². The Morgan fingerprint density at radius 1 is 1.48 bits per heavy atom. The number of nitrogens with two attached hydrogens (primary N) is 1. The minimum absolute atomic E-state index is 0.514. The van der Waals surface area contributed by atoms with Gasteiger partial charge >= 0.3 is 0 Å². The van der Waals surface area contributed by atoms with Crippen molar-refractivity contribution in [3.8, 4) is 0 Å². The van der Waals surface area contributed by atoms with Gasteiger partial charge < -0.3 is 15.0 Å². The van der Waals surface area contributed by atoms with Crippen LogP contribution in [0.25, 0.3) is 0 Å². The molecule has 0 amide bonds. The van der Waals surface area contributed by atoms with Crippen LogP contribution in [0, 0.1) is 6.92 Å². The molecule has 2 rings (SSSR count). The largest absolute Gasteiger partial charge is 0.387 e. The second-order valence-corrected chi connectivity index (χ2v) is 6.19. The highest BCUT2D eigenvalue weighted by molar-refractivity contribution is 9.10. The lowest BCUT2D eigenvalue weighted by molar-refractivity contribution is -0.104. The Morgan fingerprint density at radius 3 is 2.67 bits per heavy atom. The summed E-state index contributed by atoms with van der Waals surface area (Å²) in [5.74, 6) is 0. The van der Waals surface area contributed by atoms with Crippen molar-refractivity contribution in [2.45, 2.75) is 32.7 Å². The van der Waals surface area contributed by atoms with Crippen molar-refractivity contribution in [3.05, 3.63) is 21.7 Å². The van der Waals surface area contributed by atoms with Crippen LogP contribution in [0.3, 0.4) is 0 Å². The number of rotatable bonds is 5. The van der Waals surface area contributed by atoms with Crippen molar-refractivity contribution in [3.63, 3.8) is 0 Å². The second kappa shape index (κ2) is 7.27. The van der Waals surface area contributed by atoms with E-state index in [0.29, 0.717) is 6.04 Å². The van der Waals surface area contributed by atoms with Gasteiger partial charge in [-0.25, -0.2) is 0 Å². The number of halogens is 1. The Labute approximate surface area is 135 Å². The Balaban J connectivity index is 2.52. The highest BCUT2D eigenvalue weighted by atomic mass is 79.9. The van der Waals surface area contributed by atoms with E-state index in [1.165, 1.54) is 11.3 Å². The van der Waals surface area contributed by atoms with Gasteiger partial charge in [0.05, 0.1) is 16.9 Å². The molecule has 21 heavy (non-hydrogen) atoms. The molecule has 1 aromatic rings. The standard InChI is InChI=1S/C16H24BrN3O/c1-4-20(12-5-7-21-8-6-12)16-11(2)14(17)9-15(19-3)13(16)10-18/h9-10,12,18-19H,4-8H2,1-3H3/p+1. The molecule has 1 aliphatic rings. The average molecular weight is 355 g/mol. The molecule has 0 spiro atoms. The van der Waals surface area contributed by atoms with Crippen molar-refractivity contribution in [2.75, 3.05) is 37.0 Å². The zero-order valence-corrected chi connectivity index (χ0v) is 14.7. The van der Waals surface area contributed by atoms with Crippen molar-refractivity contribution >= 4 is 33.5 Å². The van der Waals surface area contributed by atoms with Crippen molar-refractivity contribution < 1.29 is 10.1 Å². The maximum atomic E-state index is 5.94. The predicted molar refractivity (Wildman–Crippen MR) is 92.4 cm³/mol. The molecule has 0 aliphatic carbocycles. The molecular formula is C16H25BrN3O+. The van der Waals surface area contributed by atoms with Crippen LogP contribution >= 0.6 is 15.9 Å². The third-order valence-corrected chi connectivity index (χ3v) is 5.05. The third kappa shape index (κ3) is 3.24. The molecule has 0 atom stereocenters. The van der Waals surface area contributed by atoms with E-state index in [2.05, 4.69) is 46.1 Å². The number of anilines is 2. The van der Waals surface area contributed by atoms with E-state index < -0.39 is 0 Å². The molecule has 116 valence electrons. The predicted octanol–water partition coefficient (Wildman–Crippen LogP) is 1.98. The van der Waals surface area contributed by atoms with Crippen LogP contribution in [0.2, 0.25) is 0 Å². The van der Waals surface area contributed by atoms with Crippen molar-refractivity contribution in [2.24, 2.45) is 0 Å². The summed E-state index contributed by atoms with van der Waals surface area (Å²) in [5, 5.41) is 9.18. The molecule has 1 aliphatic heterocycles. The lowest BCUT2D eigenvalue weighted by Gasteiger charge is -2.37. The number of hydrogen-bond donors (Lipinski definition) is 2. The van der Waals surface area contributed by atoms with Crippen molar-refractivity contribution in [1.82, 2.24) is 0 Å². The monoisotopic (exact) mass is 354 g/mol. The lowest BCUT2D eigenvalue weighted by atomic mass is 10.00. The molecule has 3 N–H and O–H groups in total. The Morgan fingerprint density at radius 2 is 2.14 bits per heavy atom. The number of nitrogens with zero attached hydrogens (tertiary/aromatic N) is 1. The van der Waals surface area contributed by atoms with Crippen LogP contribution in [0.1, 0.15) is 30.9 Å². The van der Waals surface area contributed by atoms with Gasteiger partial charge in [0.25, 0.3) is 0 Å². The van der Waals surface area contributed by atoms with Gasteiger partial charge in [0, 0.05) is 37.3 Å². The fourth-order valence-corrected chi connectivity index (χ4v) is 3.51. The molecule has 1 aromatic carbocycles. The van der Waals surface area contributed by atoms with E-state index in [1.54, 1.807) is 6.21 Å². The maximum Gasteiger partial charge on any atom is 0.171 e. The van der Waals surface area contributed by atoms with E-state index in [-0.39, 0.29) is 0 Å². The smallest absolute Gasteiger partial charge is 0.171 e. The topological polar surface area (TPSA) is 50.1 Å². The molecule has 1 saturated heterocycles. The molecule has 1 fully saturated rings. The van der Waals surface area contributed by atoms with Crippen LogP contribution < -0.4 is 15.6 Å². The Bertz CT molecular complexity index is 513. The van der Waals surface area contributed by atoms with Gasteiger partial charge in [-0.3, -0.25) is 5.41 Å². The SMILES string of the molecule is CCN(c1c(C)c(Br)cc(NC)c1C=[NH2+])C1CCOCC1. The second-order valence-electron chi connectivity index (χ2n) is 5.34. The number of ether oxygens (including phenoxy) is 1. The van der Waals surface area contributed by atoms with Crippen molar-refractivity contribution in [1.29, 1.82) is 0 Å². The minimum Gasteiger partial charge on any atom is -0.387 e. The average Bonchev–Trinajstić information content (AvgIpc) is 2.52. The molecule has 0 radical (unpaired) electrons. The summed E-state index contributed by atoms with van der Waals surface area (Å²) in [4.78, 5) is 2.47. The molecule has 0 bridgehead atoms. The van der Waals surface area contributed by atoms with Crippen LogP contribution in [0.15, 0.2) is 10.5 Å². The van der Waals surface area contributed by atoms with E-state index in [1.807, 2.05) is 7.05 Å². The van der Waals surface area contributed by atoms with Crippen LogP contribution in [0.5, 0.6) is 0 Å². The van der Waals surface area contributed by atoms with E-state index >= 15 is 0 Å². The van der Waals surface area contributed by atoms with Gasteiger partial charge in [-0.15, -0.1) is 0 Å². The fraction of sp³-hybridized carbons (Fsp3) is 0.562. The van der Waals surface area contributed by atoms with Gasteiger partial charge in [-0.05, 0) is 38.3 Å². The van der Waals surface area contributed by atoms with E-state index in [9.17, 15) is 0 Å². The first kappa shape index (κ1) is 16.3. The minimum atomic E-state index is 0.514. The maximum absolute atomic E-state index is 5.94. The summed E-state index contributed by atoms with van der Waals surface area (Å²) in [6.07, 6.45) is 3.85. The summed E-state index contributed by atoms with van der Waals surface area (Å²) < 4.78 is 6.61. The highest BCUT2D eigenvalue weighted by Gasteiger charge is 2.26.